The van der Waals surface area contributed by atoms with E-state index in [1.165, 1.54) is 0 Å². The summed E-state index contributed by atoms with van der Waals surface area (Å²) in [6, 6.07) is 13.0. The van der Waals surface area contributed by atoms with Gasteiger partial charge in [0, 0.05) is 24.6 Å². The Labute approximate surface area is 157 Å². The van der Waals surface area contributed by atoms with E-state index in [1.54, 1.807) is 47.1 Å². The molecule has 0 aliphatic carbocycles. The number of anilines is 1. The quantitative estimate of drug-likeness (QED) is 0.527. The molecule has 0 saturated heterocycles. The molecular formula is C20H23N3O2S. The molecule has 0 aliphatic heterocycles. The SMILES string of the molecule is CCCCSc1cc2c(cc1NC(=O)c1ccccc1)n(C)c(=O)n2C. The lowest BCUT2D eigenvalue weighted by Gasteiger charge is -2.12. The first-order valence-corrected chi connectivity index (χ1v) is 9.70. The van der Waals surface area contributed by atoms with Crippen LogP contribution in [0.1, 0.15) is 30.1 Å². The summed E-state index contributed by atoms with van der Waals surface area (Å²) in [5.74, 6) is 0.819. The van der Waals surface area contributed by atoms with Crippen molar-refractivity contribution in [3.63, 3.8) is 0 Å². The third-order valence-electron chi connectivity index (χ3n) is 4.41. The molecular weight excluding hydrogens is 346 g/mol. The number of fused-ring (bicyclic) bond motifs is 1. The van der Waals surface area contributed by atoms with Crippen molar-refractivity contribution < 1.29 is 4.79 Å². The molecule has 1 aromatic heterocycles. The van der Waals surface area contributed by atoms with Gasteiger partial charge in [-0.1, -0.05) is 31.5 Å². The number of unbranched alkanes of at least 4 members (excludes halogenated alkanes) is 1. The average Bonchev–Trinajstić information content (AvgIpc) is 2.86. The number of aromatic nitrogens is 2. The molecule has 0 radical (unpaired) electrons. The topological polar surface area (TPSA) is 56.0 Å². The van der Waals surface area contributed by atoms with E-state index in [4.69, 9.17) is 0 Å². The van der Waals surface area contributed by atoms with E-state index in [0.29, 0.717) is 5.56 Å². The summed E-state index contributed by atoms with van der Waals surface area (Å²) in [5, 5.41) is 3.02. The highest BCUT2D eigenvalue weighted by atomic mass is 32.2. The van der Waals surface area contributed by atoms with Crippen LogP contribution in [0.4, 0.5) is 5.69 Å². The molecule has 6 heteroatoms. The van der Waals surface area contributed by atoms with Crippen molar-refractivity contribution in [3.8, 4) is 0 Å². The zero-order valence-electron chi connectivity index (χ0n) is 15.3. The van der Waals surface area contributed by atoms with Crippen LogP contribution in [0.15, 0.2) is 52.2 Å². The molecule has 1 N–H and O–H groups in total. The zero-order chi connectivity index (χ0) is 18.7. The fourth-order valence-corrected chi connectivity index (χ4v) is 3.97. The number of nitrogens with one attached hydrogen (secondary N) is 1. The molecule has 26 heavy (non-hydrogen) atoms. The Hall–Kier alpha value is -2.47. The van der Waals surface area contributed by atoms with Crippen molar-refractivity contribution in [1.29, 1.82) is 0 Å². The lowest BCUT2D eigenvalue weighted by atomic mass is 10.2. The zero-order valence-corrected chi connectivity index (χ0v) is 16.1. The van der Waals surface area contributed by atoms with Crippen LogP contribution < -0.4 is 11.0 Å². The Morgan fingerprint density at radius 1 is 1.08 bits per heavy atom. The van der Waals surface area contributed by atoms with Crippen LogP contribution in [0.3, 0.4) is 0 Å². The van der Waals surface area contributed by atoms with Gasteiger partial charge >= 0.3 is 5.69 Å². The maximum atomic E-state index is 12.6. The van der Waals surface area contributed by atoms with E-state index in [0.717, 1.165) is 40.2 Å². The number of hydrogen-bond acceptors (Lipinski definition) is 3. The second-order valence-electron chi connectivity index (χ2n) is 6.26. The number of hydrogen-bond donors (Lipinski definition) is 1. The highest BCUT2D eigenvalue weighted by Gasteiger charge is 2.15. The fraction of sp³-hybridized carbons (Fsp3) is 0.300. The molecule has 2 aromatic carbocycles. The van der Waals surface area contributed by atoms with Crippen LogP contribution in [0.2, 0.25) is 0 Å². The Morgan fingerprint density at radius 2 is 1.73 bits per heavy atom. The molecule has 0 bridgehead atoms. The summed E-state index contributed by atoms with van der Waals surface area (Å²) in [7, 11) is 3.52. The summed E-state index contributed by atoms with van der Waals surface area (Å²) < 4.78 is 3.25. The molecule has 0 spiro atoms. The predicted octanol–water partition coefficient (Wildman–Crippen LogP) is 4.02. The maximum Gasteiger partial charge on any atom is 0.328 e. The minimum atomic E-state index is -0.150. The number of carbonyl (C=O) groups is 1. The Morgan fingerprint density at radius 3 is 2.38 bits per heavy atom. The average molecular weight is 369 g/mol. The molecule has 0 aliphatic rings. The van der Waals surface area contributed by atoms with Gasteiger partial charge in [0.2, 0.25) is 0 Å². The second-order valence-corrected chi connectivity index (χ2v) is 7.40. The molecule has 3 aromatic rings. The molecule has 0 fully saturated rings. The molecule has 3 rings (SSSR count). The maximum absolute atomic E-state index is 12.6. The molecule has 5 nitrogen and oxygen atoms in total. The van der Waals surface area contributed by atoms with Gasteiger partial charge in [-0.3, -0.25) is 13.9 Å². The van der Waals surface area contributed by atoms with Gasteiger partial charge in [0.1, 0.15) is 0 Å². The highest BCUT2D eigenvalue weighted by Crippen LogP contribution is 2.32. The van der Waals surface area contributed by atoms with E-state index >= 15 is 0 Å². The molecule has 1 amide bonds. The van der Waals surface area contributed by atoms with Gasteiger partial charge in [0.25, 0.3) is 5.91 Å². The smallest absolute Gasteiger partial charge is 0.321 e. The molecule has 1 heterocycles. The summed E-state index contributed by atoms with van der Waals surface area (Å²) in [6.07, 6.45) is 2.22. The number of thioether (sulfide) groups is 1. The minimum absolute atomic E-state index is 0.0731. The van der Waals surface area contributed by atoms with Crippen molar-refractivity contribution in [1.82, 2.24) is 9.13 Å². The van der Waals surface area contributed by atoms with E-state index in [-0.39, 0.29) is 11.6 Å². The van der Waals surface area contributed by atoms with Crippen molar-refractivity contribution in [3.05, 3.63) is 58.5 Å². The summed E-state index contributed by atoms with van der Waals surface area (Å²) in [4.78, 5) is 25.8. The van der Waals surface area contributed by atoms with Gasteiger partial charge in [-0.25, -0.2) is 4.79 Å². The van der Waals surface area contributed by atoms with Gasteiger partial charge in [-0.15, -0.1) is 11.8 Å². The van der Waals surface area contributed by atoms with Crippen LogP contribution in [-0.2, 0) is 14.1 Å². The predicted molar refractivity (Wildman–Crippen MR) is 108 cm³/mol. The van der Waals surface area contributed by atoms with Crippen molar-refractivity contribution in [2.24, 2.45) is 14.1 Å². The largest absolute Gasteiger partial charge is 0.328 e. The standard InChI is InChI=1S/C20H23N3O2S/c1-4-5-11-26-18-13-17-16(22(2)20(25)23(17)3)12-15(18)21-19(24)14-9-7-6-8-10-14/h6-10,12-13H,4-5,11H2,1-3H3,(H,21,24). The van der Waals surface area contributed by atoms with Crippen LogP contribution >= 0.6 is 11.8 Å². The van der Waals surface area contributed by atoms with Gasteiger partial charge in [0.05, 0.1) is 16.7 Å². The monoisotopic (exact) mass is 369 g/mol. The van der Waals surface area contributed by atoms with Crippen molar-refractivity contribution >= 4 is 34.4 Å². The third-order valence-corrected chi connectivity index (χ3v) is 5.55. The van der Waals surface area contributed by atoms with Gasteiger partial charge in [0.15, 0.2) is 0 Å². The molecule has 136 valence electrons. The van der Waals surface area contributed by atoms with Gasteiger partial charge in [-0.2, -0.15) is 0 Å². The molecule has 0 atom stereocenters. The number of rotatable bonds is 6. The van der Waals surface area contributed by atoms with Crippen molar-refractivity contribution in [2.75, 3.05) is 11.1 Å². The summed E-state index contributed by atoms with van der Waals surface area (Å²) >= 11 is 1.71. The van der Waals surface area contributed by atoms with E-state index in [1.807, 2.05) is 30.3 Å². The fourth-order valence-electron chi connectivity index (χ4n) is 2.85. The lowest BCUT2D eigenvalue weighted by molar-refractivity contribution is 0.102. The highest BCUT2D eigenvalue weighted by molar-refractivity contribution is 7.99. The van der Waals surface area contributed by atoms with Gasteiger partial charge < -0.3 is 5.32 Å². The number of carbonyl (C=O) groups excluding carboxylic acids is 1. The van der Waals surface area contributed by atoms with E-state index < -0.39 is 0 Å². The first-order chi connectivity index (χ1) is 12.5. The second kappa shape index (κ2) is 7.83. The van der Waals surface area contributed by atoms with Crippen LogP contribution in [-0.4, -0.2) is 20.8 Å². The van der Waals surface area contributed by atoms with Crippen molar-refractivity contribution in [2.45, 2.75) is 24.7 Å². The summed E-state index contributed by atoms with van der Waals surface area (Å²) in [6.45, 7) is 2.16. The van der Waals surface area contributed by atoms with Crippen LogP contribution in [0.25, 0.3) is 11.0 Å². The number of amides is 1. The van der Waals surface area contributed by atoms with Gasteiger partial charge in [-0.05, 0) is 36.4 Å². The Bertz CT molecular complexity index is 990. The Balaban J connectivity index is 2.03. The normalized spacial score (nSPS) is 11.0. The lowest BCUT2D eigenvalue weighted by Crippen LogP contribution is -2.19. The minimum Gasteiger partial charge on any atom is -0.321 e. The Kier molecular flexibility index (Phi) is 5.52. The van der Waals surface area contributed by atoms with Crippen LogP contribution in [0.5, 0.6) is 0 Å². The number of imidazole rings is 1. The number of nitrogens with zero attached hydrogens (tertiary/aromatic N) is 2. The number of benzene rings is 2. The first kappa shape index (κ1) is 18.3. The molecule has 0 unspecified atom stereocenters. The first-order valence-electron chi connectivity index (χ1n) is 8.71. The van der Waals surface area contributed by atoms with E-state index in [9.17, 15) is 9.59 Å². The van der Waals surface area contributed by atoms with Crippen LogP contribution in [0, 0.1) is 0 Å². The third kappa shape index (κ3) is 3.55. The van der Waals surface area contributed by atoms with E-state index in [2.05, 4.69) is 12.2 Å². The summed E-state index contributed by atoms with van der Waals surface area (Å²) in [5.41, 5.74) is 2.96. The number of aryl methyl sites for hydroxylation is 2. The molecule has 0 saturated carbocycles.